The third kappa shape index (κ3) is 7.60. The number of ether oxygens (including phenoxy) is 1. The molecule has 0 atom stereocenters. The van der Waals surface area contributed by atoms with Crippen LogP contribution in [-0.2, 0) is 20.9 Å². The van der Waals surface area contributed by atoms with Crippen LogP contribution in [0.2, 0.25) is 0 Å². The van der Waals surface area contributed by atoms with E-state index in [0.717, 1.165) is 11.5 Å². The Labute approximate surface area is 157 Å². The zero-order chi connectivity index (χ0) is 19.9. The van der Waals surface area contributed by atoms with E-state index in [4.69, 9.17) is 9.15 Å². The Bertz CT molecular complexity index is 587. The number of hydrogen-bond acceptors (Lipinski definition) is 4. The van der Waals surface area contributed by atoms with Crippen LogP contribution in [-0.4, -0.2) is 54.5 Å². The maximum absolute atomic E-state index is 12.9. The van der Waals surface area contributed by atoms with Crippen LogP contribution in [0.4, 0.5) is 0 Å². The van der Waals surface area contributed by atoms with Gasteiger partial charge in [-0.3, -0.25) is 9.59 Å². The lowest BCUT2D eigenvalue weighted by Crippen LogP contribution is -2.47. The first kappa shape index (κ1) is 22.2. The molecule has 148 valence electrons. The number of amides is 2. The van der Waals surface area contributed by atoms with E-state index >= 15 is 0 Å². The lowest BCUT2D eigenvalue weighted by atomic mass is 9.91. The second kappa shape index (κ2) is 9.76. The molecule has 0 fully saturated rings. The van der Waals surface area contributed by atoms with Gasteiger partial charge in [-0.15, -0.1) is 0 Å². The van der Waals surface area contributed by atoms with Crippen LogP contribution in [0.25, 0.3) is 0 Å². The van der Waals surface area contributed by atoms with Crippen LogP contribution in [0, 0.1) is 12.3 Å². The van der Waals surface area contributed by atoms with E-state index < -0.39 is 0 Å². The molecule has 1 aromatic rings. The van der Waals surface area contributed by atoms with Gasteiger partial charge in [0.25, 0.3) is 0 Å². The Balaban J connectivity index is 2.84. The highest BCUT2D eigenvalue weighted by atomic mass is 16.5. The molecular formula is C20H34N2O4. The second-order valence-corrected chi connectivity index (χ2v) is 8.17. The standard InChI is InChI=1S/C20H34N2O4/c1-15(2)22(18(23)12-20(4,5)6)14-19(24)21(10-11-25-7)13-17-9-8-16(3)26-17/h8-9,15H,10-14H2,1-7H3. The summed E-state index contributed by atoms with van der Waals surface area (Å²) in [5, 5.41) is 0. The molecule has 0 spiro atoms. The molecule has 1 heterocycles. The fraction of sp³-hybridized carbons (Fsp3) is 0.700. The van der Waals surface area contributed by atoms with Crippen LogP contribution >= 0.6 is 0 Å². The summed E-state index contributed by atoms with van der Waals surface area (Å²) in [5.41, 5.74) is -0.116. The van der Waals surface area contributed by atoms with Crippen molar-refractivity contribution in [2.45, 2.75) is 60.5 Å². The molecule has 0 aliphatic heterocycles. The predicted octanol–water partition coefficient (Wildman–Crippen LogP) is 3.24. The minimum atomic E-state index is -0.116. The van der Waals surface area contributed by atoms with Crippen molar-refractivity contribution in [1.82, 2.24) is 9.80 Å². The van der Waals surface area contributed by atoms with Crippen molar-refractivity contribution in [3.8, 4) is 0 Å². The number of hydrogen-bond donors (Lipinski definition) is 0. The van der Waals surface area contributed by atoms with E-state index in [9.17, 15) is 9.59 Å². The van der Waals surface area contributed by atoms with Gasteiger partial charge in [-0.2, -0.15) is 0 Å². The average molecular weight is 367 g/mol. The molecule has 1 rings (SSSR count). The van der Waals surface area contributed by atoms with E-state index in [1.807, 2.05) is 53.7 Å². The molecule has 6 nitrogen and oxygen atoms in total. The van der Waals surface area contributed by atoms with E-state index in [1.165, 1.54) is 0 Å². The van der Waals surface area contributed by atoms with Crippen molar-refractivity contribution in [3.05, 3.63) is 23.7 Å². The van der Waals surface area contributed by atoms with Crippen molar-refractivity contribution in [3.63, 3.8) is 0 Å². The molecule has 6 heteroatoms. The predicted molar refractivity (Wildman–Crippen MR) is 102 cm³/mol. The first-order chi connectivity index (χ1) is 12.0. The van der Waals surface area contributed by atoms with E-state index in [1.54, 1.807) is 16.9 Å². The molecule has 0 bridgehead atoms. The first-order valence-electron chi connectivity index (χ1n) is 9.15. The minimum absolute atomic E-state index is 0.00128. The summed E-state index contributed by atoms with van der Waals surface area (Å²) < 4.78 is 10.7. The normalized spacial score (nSPS) is 11.7. The summed E-state index contributed by atoms with van der Waals surface area (Å²) in [4.78, 5) is 28.9. The molecule has 0 unspecified atom stereocenters. The Kier molecular flexibility index (Phi) is 8.34. The molecular weight excluding hydrogens is 332 g/mol. The fourth-order valence-corrected chi connectivity index (χ4v) is 2.61. The van der Waals surface area contributed by atoms with Gasteiger partial charge in [0.2, 0.25) is 11.8 Å². The third-order valence-electron chi connectivity index (χ3n) is 3.99. The van der Waals surface area contributed by atoms with Crippen LogP contribution in [0.3, 0.4) is 0 Å². The number of rotatable bonds is 9. The van der Waals surface area contributed by atoms with Crippen molar-refractivity contribution < 1.29 is 18.7 Å². The maximum atomic E-state index is 12.9. The zero-order valence-corrected chi connectivity index (χ0v) is 17.3. The summed E-state index contributed by atoms with van der Waals surface area (Å²) in [6.07, 6.45) is 0.411. The first-order valence-corrected chi connectivity index (χ1v) is 9.15. The molecule has 0 aliphatic rings. The van der Waals surface area contributed by atoms with Gasteiger partial charge >= 0.3 is 0 Å². The van der Waals surface area contributed by atoms with Gasteiger partial charge < -0.3 is 19.0 Å². The van der Waals surface area contributed by atoms with Gasteiger partial charge in [0.1, 0.15) is 11.5 Å². The Morgan fingerprint density at radius 3 is 2.31 bits per heavy atom. The molecule has 1 aromatic heterocycles. The molecule has 0 saturated heterocycles. The van der Waals surface area contributed by atoms with Gasteiger partial charge in [-0.05, 0) is 38.3 Å². The van der Waals surface area contributed by atoms with Crippen LogP contribution in [0.1, 0.15) is 52.6 Å². The summed E-state index contributed by atoms with van der Waals surface area (Å²) in [6.45, 7) is 13.1. The number of carbonyl (C=O) groups excluding carboxylic acids is 2. The summed E-state index contributed by atoms with van der Waals surface area (Å²) in [5.74, 6) is 1.43. The van der Waals surface area contributed by atoms with Gasteiger partial charge in [0, 0.05) is 26.1 Å². The van der Waals surface area contributed by atoms with Gasteiger partial charge in [0.05, 0.1) is 19.7 Å². The monoisotopic (exact) mass is 366 g/mol. The Morgan fingerprint density at radius 2 is 1.85 bits per heavy atom. The van der Waals surface area contributed by atoms with Crippen molar-refractivity contribution in [2.24, 2.45) is 5.41 Å². The van der Waals surface area contributed by atoms with Gasteiger partial charge in [-0.1, -0.05) is 20.8 Å². The lowest BCUT2D eigenvalue weighted by molar-refractivity contribution is -0.143. The second-order valence-electron chi connectivity index (χ2n) is 8.17. The largest absolute Gasteiger partial charge is 0.464 e. The third-order valence-corrected chi connectivity index (χ3v) is 3.99. The molecule has 2 amide bonds. The van der Waals surface area contributed by atoms with E-state index in [0.29, 0.717) is 26.1 Å². The highest BCUT2D eigenvalue weighted by molar-refractivity contribution is 5.85. The molecule has 0 aromatic carbocycles. The molecule has 0 saturated carbocycles. The SMILES string of the molecule is COCCN(Cc1ccc(C)o1)C(=O)CN(C(=O)CC(C)(C)C)C(C)C. The average Bonchev–Trinajstić information content (AvgIpc) is 2.91. The number of carbonyl (C=O) groups is 2. The lowest BCUT2D eigenvalue weighted by Gasteiger charge is -2.31. The van der Waals surface area contributed by atoms with Crippen molar-refractivity contribution in [1.29, 1.82) is 0 Å². The van der Waals surface area contributed by atoms with E-state index in [2.05, 4.69) is 0 Å². The molecule has 0 N–H and O–H groups in total. The Hall–Kier alpha value is -1.82. The highest BCUT2D eigenvalue weighted by Crippen LogP contribution is 2.21. The molecule has 0 radical (unpaired) electrons. The number of furan rings is 1. The molecule has 26 heavy (non-hydrogen) atoms. The summed E-state index contributed by atoms with van der Waals surface area (Å²) in [6, 6.07) is 3.71. The maximum Gasteiger partial charge on any atom is 0.242 e. The van der Waals surface area contributed by atoms with Gasteiger partial charge in [-0.25, -0.2) is 0 Å². The quantitative estimate of drug-likeness (QED) is 0.673. The van der Waals surface area contributed by atoms with Crippen molar-refractivity contribution in [2.75, 3.05) is 26.8 Å². The molecule has 0 aliphatic carbocycles. The van der Waals surface area contributed by atoms with Crippen molar-refractivity contribution >= 4 is 11.8 Å². The zero-order valence-electron chi connectivity index (χ0n) is 17.3. The number of methoxy groups -OCH3 is 1. The highest BCUT2D eigenvalue weighted by Gasteiger charge is 2.27. The Morgan fingerprint density at radius 1 is 1.19 bits per heavy atom. The topological polar surface area (TPSA) is 63.0 Å². The summed E-state index contributed by atoms with van der Waals surface area (Å²) >= 11 is 0. The smallest absolute Gasteiger partial charge is 0.242 e. The van der Waals surface area contributed by atoms with Gasteiger partial charge in [0.15, 0.2) is 0 Å². The van der Waals surface area contributed by atoms with E-state index in [-0.39, 0.29) is 29.8 Å². The number of aryl methyl sites for hydroxylation is 1. The minimum Gasteiger partial charge on any atom is -0.464 e. The summed E-state index contributed by atoms with van der Waals surface area (Å²) in [7, 11) is 1.60. The van der Waals surface area contributed by atoms with Crippen LogP contribution in [0.5, 0.6) is 0 Å². The fourth-order valence-electron chi connectivity index (χ4n) is 2.61. The number of nitrogens with zero attached hydrogens (tertiary/aromatic N) is 2. The van der Waals surface area contributed by atoms with Crippen LogP contribution < -0.4 is 0 Å². The van der Waals surface area contributed by atoms with Crippen LogP contribution in [0.15, 0.2) is 16.5 Å².